The molecule has 0 bridgehead atoms. The zero-order valence-corrected chi connectivity index (χ0v) is 15.7. The third-order valence-corrected chi connectivity index (χ3v) is 2.32. The summed E-state index contributed by atoms with van der Waals surface area (Å²) in [6.07, 6.45) is -1.53. The van der Waals surface area contributed by atoms with Crippen molar-refractivity contribution in [3.05, 3.63) is 0 Å². The molecule has 0 aliphatic heterocycles. The first kappa shape index (κ1) is 22.6. The smallest absolute Gasteiger partial charge is 0.419 e. The fourth-order valence-electron chi connectivity index (χ4n) is 1.45. The Balaban J connectivity index is 4.53. The summed E-state index contributed by atoms with van der Waals surface area (Å²) in [7, 11) is 0. The number of rotatable bonds is 8. The molecule has 0 atom stereocenters. The van der Waals surface area contributed by atoms with Crippen molar-refractivity contribution < 1.29 is 28.5 Å². The van der Waals surface area contributed by atoms with E-state index < -0.39 is 23.4 Å². The third-order valence-electron chi connectivity index (χ3n) is 2.32. The molecule has 0 aromatic carbocycles. The van der Waals surface area contributed by atoms with E-state index in [1.807, 2.05) is 0 Å². The minimum atomic E-state index is -0.764. The van der Waals surface area contributed by atoms with Gasteiger partial charge in [-0.05, 0) is 41.5 Å². The quantitative estimate of drug-likeness (QED) is 0.671. The van der Waals surface area contributed by atoms with Gasteiger partial charge in [0.1, 0.15) is 11.2 Å². The van der Waals surface area contributed by atoms with E-state index in [-0.39, 0.29) is 13.2 Å². The molecule has 0 unspecified atom stereocenters. The predicted molar refractivity (Wildman–Crippen MR) is 89.9 cm³/mol. The van der Waals surface area contributed by atoms with Crippen LogP contribution in [0, 0.1) is 0 Å². The first-order valence-corrected chi connectivity index (χ1v) is 8.05. The number of carbonyl (C=O) groups excluding carboxylic acids is 2. The molecule has 0 spiro atoms. The number of ether oxygens (including phenoxy) is 4. The van der Waals surface area contributed by atoms with Gasteiger partial charge in [0.15, 0.2) is 0 Å². The average molecular weight is 348 g/mol. The van der Waals surface area contributed by atoms with E-state index in [2.05, 4.69) is 0 Å². The number of carbonyl (C=O) groups is 2. The molecule has 8 nitrogen and oxygen atoms in total. The Morgan fingerprint density at radius 3 is 1.58 bits per heavy atom. The maximum absolute atomic E-state index is 12.2. The Hall–Kier alpha value is -1.38. The van der Waals surface area contributed by atoms with Gasteiger partial charge in [-0.2, -0.15) is 0 Å². The number of nitrogens with two attached hydrogens (primary N) is 1. The maximum Gasteiger partial charge on any atom is 0.419 e. The molecule has 0 aromatic rings. The van der Waals surface area contributed by atoms with Crippen LogP contribution in [0.1, 0.15) is 41.5 Å². The van der Waals surface area contributed by atoms with E-state index in [4.69, 9.17) is 24.7 Å². The molecule has 0 aromatic heterocycles. The summed E-state index contributed by atoms with van der Waals surface area (Å²) >= 11 is 0. The van der Waals surface area contributed by atoms with Crippen molar-refractivity contribution in [1.82, 2.24) is 4.90 Å². The van der Waals surface area contributed by atoms with Crippen LogP contribution in [-0.4, -0.2) is 67.8 Å². The molecule has 0 saturated carbocycles. The van der Waals surface area contributed by atoms with Crippen LogP contribution < -0.4 is 5.73 Å². The van der Waals surface area contributed by atoms with Crippen LogP contribution in [0.2, 0.25) is 0 Å². The van der Waals surface area contributed by atoms with Crippen molar-refractivity contribution in [2.45, 2.75) is 52.7 Å². The van der Waals surface area contributed by atoms with E-state index in [9.17, 15) is 9.59 Å². The molecular formula is C16H32N2O6. The summed E-state index contributed by atoms with van der Waals surface area (Å²) in [5.41, 5.74) is 3.87. The number of nitrogens with zero attached hydrogens (tertiary/aromatic N) is 1. The molecule has 0 saturated heterocycles. The van der Waals surface area contributed by atoms with E-state index in [1.54, 1.807) is 41.5 Å². The van der Waals surface area contributed by atoms with Crippen molar-refractivity contribution in [1.29, 1.82) is 0 Å². The van der Waals surface area contributed by atoms with Gasteiger partial charge in [0, 0.05) is 6.54 Å². The molecule has 2 N–H and O–H groups in total. The van der Waals surface area contributed by atoms with Crippen LogP contribution in [0.25, 0.3) is 0 Å². The Morgan fingerprint density at radius 1 is 0.792 bits per heavy atom. The van der Waals surface area contributed by atoms with Crippen molar-refractivity contribution in [2.24, 2.45) is 5.73 Å². The standard InChI is InChI=1S/C16H32N2O6/c1-15(2,3)23-13(19)18(14(20)24-16(4,5)6)8-10-22-12-11-21-9-7-17/h7-12,17H2,1-6H3. The van der Waals surface area contributed by atoms with E-state index in [1.165, 1.54) is 0 Å². The first-order valence-electron chi connectivity index (χ1n) is 8.05. The van der Waals surface area contributed by atoms with Gasteiger partial charge in [0.25, 0.3) is 0 Å². The lowest BCUT2D eigenvalue weighted by atomic mass is 10.2. The van der Waals surface area contributed by atoms with Crippen molar-refractivity contribution >= 4 is 12.2 Å². The molecule has 0 aliphatic rings. The fourth-order valence-corrected chi connectivity index (χ4v) is 1.45. The van der Waals surface area contributed by atoms with E-state index in [0.29, 0.717) is 26.4 Å². The SMILES string of the molecule is CC(C)(C)OC(=O)N(CCOCCOCCN)C(=O)OC(C)(C)C. The van der Waals surface area contributed by atoms with Gasteiger partial charge in [-0.1, -0.05) is 0 Å². The van der Waals surface area contributed by atoms with Gasteiger partial charge in [0.2, 0.25) is 0 Å². The number of hydrogen-bond donors (Lipinski definition) is 1. The van der Waals surface area contributed by atoms with Gasteiger partial charge < -0.3 is 24.7 Å². The highest BCUT2D eigenvalue weighted by Crippen LogP contribution is 2.14. The lowest BCUT2D eigenvalue weighted by Crippen LogP contribution is -2.45. The third kappa shape index (κ3) is 12.1. The van der Waals surface area contributed by atoms with Crippen molar-refractivity contribution in [3.63, 3.8) is 0 Å². The highest BCUT2D eigenvalue weighted by Gasteiger charge is 2.30. The minimum absolute atomic E-state index is 0.0285. The normalized spacial score (nSPS) is 12.0. The molecular weight excluding hydrogens is 316 g/mol. The zero-order valence-electron chi connectivity index (χ0n) is 15.7. The molecule has 2 amide bonds. The second kappa shape index (κ2) is 10.5. The van der Waals surface area contributed by atoms with E-state index >= 15 is 0 Å². The number of imide groups is 1. The largest absolute Gasteiger partial charge is 0.443 e. The van der Waals surface area contributed by atoms with Gasteiger partial charge >= 0.3 is 12.2 Å². The average Bonchev–Trinajstić information content (AvgIpc) is 2.37. The van der Waals surface area contributed by atoms with Crippen LogP contribution in [0.5, 0.6) is 0 Å². The summed E-state index contributed by atoms with van der Waals surface area (Å²) in [5, 5.41) is 0. The lowest BCUT2D eigenvalue weighted by molar-refractivity contribution is -0.00776. The van der Waals surface area contributed by atoms with Crippen molar-refractivity contribution in [3.8, 4) is 0 Å². The second-order valence-corrected chi connectivity index (χ2v) is 7.13. The summed E-state index contributed by atoms with van der Waals surface area (Å²) in [6.45, 7) is 12.2. The van der Waals surface area contributed by atoms with Crippen LogP contribution in [-0.2, 0) is 18.9 Å². The summed E-state index contributed by atoms with van der Waals surface area (Å²) in [5.74, 6) is 0. The highest BCUT2D eigenvalue weighted by molar-refractivity contribution is 5.88. The maximum atomic E-state index is 12.2. The Bertz CT molecular complexity index is 359. The number of amides is 2. The molecule has 0 radical (unpaired) electrons. The molecule has 8 heteroatoms. The van der Waals surface area contributed by atoms with Crippen LogP contribution in [0.4, 0.5) is 9.59 Å². The molecule has 0 aliphatic carbocycles. The molecule has 0 fully saturated rings. The van der Waals surface area contributed by atoms with Gasteiger partial charge in [0.05, 0.1) is 33.0 Å². The first-order chi connectivity index (χ1) is 11.0. The van der Waals surface area contributed by atoms with Gasteiger partial charge in [-0.15, -0.1) is 0 Å². The Labute approximate surface area is 144 Å². The van der Waals surface area contributed by atoms with Gasteiger partial charge in [-0.3, -0.25) is 0 Å². The molecule has 0 rings (SSSR count). The monoisotopic (exact) mass is 348 g/mol. The minimum Gasteiger partial charge on any atom is -0.443 e. The van der Waals surface area contributed by atoms with Gasteiger partial charge in [-0.25, -0.2) is 14.5 Å². The van der Waals surface area contributed by atoms with Crippen LogP contribution in [0.3, 0.4) is 0 Å². The zero-order chi connectivity index (χ0) is 18.8. The summed E-state index contributed by atoms with van der Waals surface area (Å²) in [6, 6.07) is 0. The lowest BCUT2D eigenvalue weighted by Gasteiger charge is -2.28. The van der Waals surface area contributed by atoms with E-state index in [0.717, 1.165) is 4.90 Å². The number of hydrogen-bond acceptors (Lipinski definition) is 7. The second-order valence-electron chi connectivity index (χ2n) is 7.13. The summed E-state index contributed by atoms with van der Waals surface area (Å²) in [4.78, 5) is 25.3. The predicted octanol–water partition coefficient (Wildman–Crippen LogP) is 2.15. The van der Waals surface area contributed by atoms with Crippen LogP contribution in [0.15, 0.2) is 0 Å². The molecule has 142 valence electrons. The molecule has 0 heterocycles. The molecule has 24 heavy (non-hydrogen) atoms. The fraction of sp³-hybridized carbons (Fsp3) is 0.875. The highest BCUT2D eigenvalue weighted by atomic mass is 16.6. The Morgan fingerprint density at radius 2 is 1.21 bits per heavy atom. The van der Waals surface area contributed by atoms with Crippen LogP contribution >= 0.6 is 0 Å². The van der Waals surface area contributed by atoms with Crippen molar-refractivity contribution in [2.75, 3.05) is 39.5 Å². The Kier molecular flexibility index (Phi) is 9.88. The summed E-state index contributed by atoms with van der Waals surface area (Å²) < 4.78 is 21.0. The topological polar surface area (TPSA) is 100 Å².